The van der Waals surface area contributed by atoms with Crippen molar-refractivity contribution in [2.45, 2.75) is 270 Å². The molecule has 3 N–H and O–H groups in total. The summed E-state index contributed by atoms with van der Waals surface area (Å²) in [6, 6.07) is -0.552. The maximum Gasteiger partial charge on any atom is 0.305 e. The summed E-state index contributed by atoms with van der Waals surface area (Å²) in [5, 5.41) is 23.0. The van der Waals surface area contributed by atoms with Gasteiger partial charge in [0.05, 0.1) is 25.4 Å². The van der Waals surface area contributed by atoms with Gasteiger partial charge in [0.1, 0.15) is 0 Å². The molecule has 0 spiro atoms. The Morgan fingerprint density at radius 2 is 0.862 bits per heavy atom. The molecular formula is C52H97NO5. The average molecular weight is 816 g/mol. The highest BCUT2D eigenvalue weighted by molar-refractivity contribution is 5.76. The van der Waals surface area contributed by atoms with Crippen LogP contribution in [-0.4, -0.2) is 47.4 Å². The highest BCUT2D eigenvalue weighted by Gasteiger charge is 2.20. The van der Waals surface area contributed by atoms with Crippen LogP contribution in [-0.2, 0) is 14.3 Å². The Kier molecular flexibility index (Phi) is 46.2. The van der Waals surface area contributed by atoms with E-state index in [0.717, 1.165) is 70.6 Å². The maximum absolute atomic E-state index is 12.4. The van der Waals surface area contributed by atoms with Crippen LogP contribution in [0.15, 0.2) is 36.5 Å². The first-order valence-corrected chi connectivity index (χ1v) is 25.2. The van der Waals surface area contributed by atoms with E-state index < -0.39 is 12.1 Å². The molecule has 0 saturated heterocycles. The van der Waals surface area contributed by atoms with E-state index in [2.05, 4.69) is 55.6 Å². The van der Waals surface area contributed by atoms with Gasteiger partial charge in [-0.3, -0.25) is 9.59 Å². The largest absolute Gasteiger partial charge is 0.466 e. The van der Waals surface area contributed by atoms with Gasteiger partial charge in [-0.2, -0.15) is 0 Å². The van der Waals surface area contributed by atoms with Gasteiger partial charge in [0.2, 0.25) is 5.91 Å². The van der Waals surface area contributed by atoms with Crippen LogP contribution in [0.3, 0.4) is 0 Å². The molecule has 1 amide bonds. The molecule has 0 heterocycles. The number of nitrogens with one attached hydrogen (secondary N) is 1. The van der Waals surface area contributed by atoms with Crippen molar-refractivity contribution in [3.05, 3.63) is 36.5 Å². The third-order valence-corrected chi connectivity index (χ3v) is 11.4. The summed E-state index contributed by atoms with van der Waals surface area (Å²) >= 11 is 0. The van der Waals surface area contributed by atoms with Gasteiger partial charge in [0, 0.05) is 12.8 Å². The average Bonchev–Trinajstić information content (AvgIpc) is 3.22. The van der Waals surface area contributed by atoms with Gasteiger partial charge in [-0.15, -0.1) is 0 Å². The lowest BCUT2D eigenvalue weighted by Crippen LogP contribution is -2.45. The Morgan fingerprint density at radius 3 is 1.34 bits per heavy atom. The number of allylic oxidation sites excluding steroid dienone is 6. The van der Waals surface area contributed by atoms with Gasteiger partial charge in [-0.25, -0.2) is 0 Å². The van der Waals surface area contributed by atoms with Gasteiger partial charge < -0.3 is 20.3 Å². The molecule has 0 aliphatic heterocycles. The Bertz CT molecular complexity index is 946. The number of hydrogen-bond donors (Lipinski definition) is 3. The summed E-state index contributed by atoms with van der Waals surface area (Å²) in [6.07, 6.45) is 56.9. The third-order valence-electron chi connectivity index (χ3n) is 11.4. The minimum absolute atomic E-state index is 0.0172. The topological polar surface area (TPSA) is 95.9 Å². The monoisotopic (exact) mass is 816 g/mol. The van der Waals surface area contributed by atoms with Crippen molar-refractivity contribution in [2.75, 3.05) is 13.2 Å². The molecule has 2 atom stereocenters. The first-order chi connectivity index (χ1) is 28.5. The minimum atomic E-state index is -0.673. The molecule has 2 unspecified atom stereocenters. The molecular weight excluding hydrogens is 719 g/mol. The van der Waals surface area contributed by atoms with Crippen LogP contribution >= 0.6 is 0 Å². The summed E-state index contributed by atoms with van der Waals surface area (Å²) < 4.78 is 5.45. The SMILES string of the molecule is CCCCCC/C=C\C/C=C\CCCCCCCC(=O)OCCCCCCCCC/C=C\CCCCCCCC(=O)NC(CO)C(O)CCCCCCCCCCC. The number of carbonyl (C=O) groups excluding carboxylic acids is 2. The van der Waals surface area contributed by atoms with Crippen LogP contribution in [0.25, 0.3) is 0 Å². The molecule has 6 heteroatoms. The van der Waals surface area contributed by atoms with Crippen molar-refractivity contribution in [3.63, 3.8) is 0 Å². The summed E-state index contributed by atoms with van der Waals surface area (Å²) in [4.78, 5) is 24.4. The predicted octanol–water partition coefficient (Wildman–Crippen LogP) is 14.9. The lowest BCUT2D eigenvalue weighted by Gasteiger charge is -2.22. The van der Waals surface area contributed by atoms with E-state index in [1.807, 2.05) is 0 Å². The van der Waals surface area contributed by atoms with Crippen molar-refractivity contribution >= 4 is 11.9 Å². The molecule has 0 aromatic rings. The fraction of sp³-hybridized carbons (Fsp3) is 0.846. The van der Waals surface area contributed by atoms with Gasteiger partial charge in [0.15, 0.2) is 0 Å². The molecule has 0 aromatic carbocycles. The third kappa shape index (κ3) is 43.7. The minimum Gasteiger partial charge on any atom is -0.466 e. The van der Waals surface area contributed by atoms with E-state index in [1.165, 1.54) is 154 Å². The zero-order valence-electron chi connectivity index (χ0n) is 38.5. The summed E-state index contributed by atoms with van der Waals surface area (Å²) in [6.45, 7) is 4.87. The number of amides is 1. The fourth-order valence-electron chi connectivity index (χ4n) is 7.49. The van der Waals surface area contributed by atoms with Gasteiger partial charge >= 0.3 is 5.97 Å². The zero-order chi connectivity index (χ0) is 42.3. The molecule has 6 nitrogen and oxygen atoms in total. The quantitative estimate of drug-likeness (QED) is 0.0323. The van der Waals surface area contributed by atoms with E-state index in [9.17, 15) is 19.8 Å². The predicted molar refractivity (Wildman–Crippen MR) is 250 cm³/mol. The Hall–Kier alpha value is -1.92. The van der Waals surface area contributed by atoms with Crippen LogP contribution in [0.4, 0.5) is 0 Å². The van der Waals surface area contributed by atoms with Crippen LogP contribution in [0.5, 0.6) is 0 Å². The standard InChI is InChI=1S/C52H97NO5/c1-3-5-7-9-11-13-14-15-16-20-23-26-30-34-38-42-46-52(57)58-47-43-39-35-31-27-24-21-18-17-19-22-25-29-33-37-41-45-51(56)53-49(48-54)50(55)44-40-36-32-28-12-10-8-6-4-2/h13-14,16-17,19-20,49-50,54-55H,3-12,15,18,21-48H2,1-2H3,(H,53,56)/b14-13-,19-17-,20-16-. The normalized spacial score (nSPS) is 13.0. The number of aliphatic hydroxyl groups excluding tert-OH is 2. The van der Waals surface area contributed by atoms with E-state index in [0.29, 0.717) is 25.9 Å². The summed E-state index contributed by atoms with van der Waals surface area (Å²) in [5.41, 5.74) is 0. The lowest BCUT2D eigenvalue weighted by atomic mass is 10.0. The molecule has 0 fully saturated rings. The summed E-state index contributed by atoms with van der Waals surface area (Å²) in [5.74, 6) is -0.0734. The van der Waals surface area contributed by atoms with Gasteiger partial charge in [-0.05, 0) is 83.5 Å². The number of carbonyl (C=O) groups is 2. The molecule has 0 radical (unpaired) electrons. The number of esters is 1. The van der Waals surface area contributed by atoms with Crippen molar-refractivity contribution in [1.82, 2.24) is 5.32 Å². The second-order valence-electron chi connectivity index (χ2n) is 17.1. The molecule has 0 bridgehead atoms. The van der Waals surface area contributed by atoms with Crippen LogP contribution in [0.1, 0.15) is 258 Å². The van der Waals surface area contributed by atoms with E-state index >= 15 is 0 Å². The maximum atomic E-state index is 12.4. The van der Waals surface area contributed by atoms with Crippen molar-refractivity contribution in [2.24, 2.45) is 0 Å². The van der Waals surface area contributed by atoms with Crippen molar-refractivity contribution in [3.8, 4) is 0 Å². The molecule has 0 aliphatic carbocycles. The van der Waals surface area contributed by atoms with Crippen LogP contribution in [0, 0.1) is 0 Å². The summed E-state index contributed by atoms with van der Waals surface area (Å²) in [7, 11) is 0. The molecule has 0 saturated carbocycles. The highest BCUT2D eigenvalue weighted by Crippen LogP contribution is 2.15. The smallest absolute Gasteiger partial charge is 0.305 e. The Balaban J connectivity index is 3.46. The Labute approximate surface area is 360 Å². The van der Waals surface area contributed by atoms with Crippen molar-refractivity contribution in [1.29, 1.82) is 0 Å². The number of ether oxygens (including phenoxy) is 1. The molecule has 0 aromatic heterocycles. The number of aliphatic hydroxyl groups is 2. The van der Waals surface area contributed by atoms with Gasteiger partial charge in [-0.1, -0.05) is 198 Å². The van der Waals surface area contributed by atoms with E-state index in [1.54, 1.807) is 0 Å². The molecule has 0 aliphatic rings. The van der Waals surface area contributed by atoms with Crippen molar-refractivity contribution < 1.29 is 24.5 Å². The first kappa shape index (κ1) is 56.1. The fourth-order valence-corrected chi connectivity index (χ4v) is 7.49. The molecule has 58 heavy (non-hydrogen) atoms. The second kappa shape index (κ2) is 47.8. The highest BCUT2D eigenvalue weighted by atomic mass is 16.5. The van der Waals surface area contributed by atoms with Crippen LogP contribution in [0.2, 0.25) is 0 Å². The number of hydrogen-bond acceptors (Lipinski definition) is 5. The van der Waals surface area contributed by atoms with Crippen LogP contribution < -0.4 is 5.32 Å². The molecule has 340 valence electrons. The van der Waals surface area contributed by atoms with E-state index in [4.69, 9.17) is 4.74 Å². The zero-order valence-corrected chi connectivity index (χ0v) is 38.5. The number of rotatable bonds is 46. The first-order valence-electron chi connectivity index (χ1n) is 25.2. The Morgan fingerprint density at radius 1 is 0.483 bits per heavy atom. The van der Waals surface area contributed by atoms with Gasteiger partial charge in [0.25, 0.3) is 0 Å². The number of unbranched alkanes of at least 4 members (excludes halogenated alkanes) is 29. The molecule has 0 rings (SSSR count). The van der Waals surface area contributed by atoms with E-state index in [-0.39, 0.29) is 18.5 Å². The second-order valence-corrected chi connectivity index (χ2v) is 17.1. The lowest BCUT2D eigenvalue weighted by molar-refractivity contribution is -0.143.